The molecule has 0 aliphatic rings. The summed E-state index contributed by atoms with van der Waals surface area (Å²) in [5.74, 6) is -0.381. The standard InChI is InChI=1S/C19H32N2O4/c1-15(22)12-21(13-16(2)23)11-7-6-10-18(20)19(24)25-14-17-8-4-3-5-9-17/h3-5,8-9,15-16,18,22-23H,6-7,10-14,20H2,1-2H3/t15-,16-,18?/m1/s1. The summed E-state index contributed by atoms with van der Waals surface area (Å²) in [5.41, 5.74) is 6.83. The van der Waals surface area contributed by atoms with Gasteiger partial charge >= 0.3 is 5.97 Å². The first-order valence-corrected chi connectivity index (χ1v) is 8.93. The van der Waals surface area contributed by atoms with Crippen LogP contribution in [0.5, 0.6) is 0 Å². The van der Waals surface area contributed by atoms with E-state index in [-0.39, 0.29) is 12.6 Å². The van der Waals surface area contributed by atoms with Gasteiger partial charge in [-0.3, -0.25) is 9.69 Å². The number of nitrogens with zero attached hydrogens (tertiary/aromatic N) is 1. The Hall–Kier alpha value is -1.47. The Kier molecular flexibility index (Phi) is 10.3. The second-order valence-electron chi connectivity index (χ2n) is 6.65. The third kappa shape index (κ3) is 10.2. The van der Waals surface area contributed by atoms with Gasteiger partial charge in [-0.05, 0) is 38.8 Å². The molecule has 1 rings (SSSR count). The van der Waals surface area contributed by atoms with E-state index < -0.39 is 18.2 Å². The third-order valence-corrected chi connectivity index (χ3v) is 3.81. The highest BCUT2D eigenvalue weighted by molar-refractivity contribution is 5.75. The molecule has 0 amide bonds. The minimum atomic E-state index is -0.620. The Morgan fingerprint density at radius 2 is 1.72 bits per heavy atom. The van der Waals surface area contributed by atoms with E-state index in [9.17, 15) is 15.0 Å². The lowest BCUT2D eigenvalue weighted by molar-refractivity contribution is -0.146. The SMILES string of the molecule is C[C@@H](O)CN(CCCCC(N)C(=O)OCc1ccccc1)C[C@@H](C)O. The molecule has 1 aromatic rings. The lowest BCUT2D eigenvalue weighted by Gasteiger charge is -2.25. The topological polar surface area (TPSA) is 96.0 Å². The third-order valence-electron chi connectivity index (χ3n) is 3.81. The quantitative estimate of drug-likeness (QED) is 0.387. The summed E-state index contributed by atoms with van der Waals surface area (Å²) in [4.78, 5) is 13.9. The zero-order valence-electron chi connectivity index (χ0n) is 15.3. The Bertz CT molecular complexity index is 470. The van der Waals surface area contributed by atoms with Crippen molar-refractivity contribution in [2.24, 2.45) is 5.73 Å². The van der Waals surface area contributed by atoms with Crippen LogP contribution in [0.15, 0.2) is 30.3 Å². The summed E-state index contributed by atoms with van der Waals surface area (Å²) in [7, 11) is 0. The summed E-state index contributed by atoms with van der Waals surface area (Å²) in [6.07, 6.45) is 1.32. The molecule has 3 atom stereocenters. The molecule has 25 heavy (non-hydrogen) atoms. The first kappa shape index (κ1) is 21.6. The number of ether oxygens (including phenoxy) is 1. The van der Waals surface area contributed by atoms with Crippen LogP contribution in [0.25, 0.3) is 0 Å². The van der Waals surface area contributed by atoms with Gasteiger partial charge in [0, 0.05) is 13.1 Å². The highest BCUT2D eigenvalue weighted by Gasteiger charge is 2.16. The van der Waals surface area contributed by atoms with Crippen LogP contribution in [0.1, 0.15) is 38.7 Å². The maximum atomic E-state index is 11.9. The van der Waals surface area contributed by atoms with Gasteiger partial charge in [-0.1, -0.05) is 36.8 Å². The van der Waals surface area contributed by atoms with Crippen molar-refractivity contribution >= 4 is 5.97 Å². The van der Waals surface area contributed by atoms with Crippen molar-refractivity contribution in [3.8, 4) is 0 Å². The van der Waals surface area contributed by atoms with Crippen molar-refractivity contribution in [3.05, 3.63) is 35.9 Å². The van der Waals surface area contributed by atoms with Crippen LogP contribution in [0, 0.1) is 0 Å². The number of esters is 1. The van der Waals surface area contributed by atoms with E-state index in [4.69, 9.17) is 10.5 Å². The predicted molar refractivity (Wildman–Crippen MR) is 97.9 cm³/mol. The molecule has 1 unspecified atom stereocenters. The maximum absolute atomic E-state index is 11.9. The fraction of sp³-hybridized carbons (Fsp3) is 0.632. The Labute approximate surface area is 150 Å². The van der Waals surface area contributed by atoms with Crippen molar-refractivity contribution in [1.82, 2.24) is 4.90 Å². The molecule has 1 aromatic carbocycles. The molecule has 4 N–H and O–H groups in total. The van der Waals surface area contributed by atoms with Crippen molar-refractivity contribution in [2.45, 2.75) is 58.0 Å². The average molecular weight is 352 g/mol. The average Bonchev–Trinajstić information content (AvgIpc) is 2.56. The molecule has 0 saturated heterocycles. The number of unbranched alkanes of at least 4 members (excludes halogenated alkanes) is 1. The van der Waals surface area contributed by atoms with Crippen LogP contribution in [-0.2, 0) is 16.1 Å². The molecule has 0 heterocycles. The molecule has 0 radical (unpaired) electrons. The molecule has 0 aliphatic heterocycles. The summed E-state index contributed by atoms with van der Waals surface area (Å²) in [5, 5.41) is 19.0. The van der Waals surface area contributed by atoms with Crippen molar-refractivity contribution in [1.29, 1.82) is 0 Å². The van der Waals surface area contributed by atoms with Gasteiger partial charge in [-0.2, -0.15) is 0 Å². The van der Waals surface area contributed by atoms with Crippen LogP contribution in [0.4, 0.5) is 0 Å². The number of hydrogen-bond donors (Lipinski definition) is 3. The molecule has 0 bridgehead atoms. The summed E-state index contributed by atoms with van der Waals surface area (Å²) < 4.78 is 5.23. The van der Waals surface area contributed by atoms with Crippen LogP contribution in [-0.4, -0.2) is 59.0 Å². The van der Waals surface area contributed by atoms with Crippen LogP contribution >= 0.6 is 0 Å². The predicted octanol–water partition coefficient (Wildman–Crippen LogP) is 1.29. The number of rotatable bonds is 12. The van der Waals surface area contributed by atoms with Gasteiger partial charge in [0.25, 0.3) is 0 Å². The summed E-state index contributed by atoms with van der Waals surface area (Å²) in [6.45, 7) is 5.50. The first-order valence-electron chi connectivity index (χ1n) is 8.93. The van der Waals surface area contributed by atoms with E-state index in [1.807, 2.05) is 35.2 Å². The zero-order valence-corrected chi connectivity index (χ0v) is 15.3. The van der Waals surface area contributed by atoms with Gasteiger partial charge in [0.2, 0.25) is 0 Å². The van der Waals surface area contributed by atoms with Crippen LogP contribution in [0.3, 0.4) is 0 Å². The van der Waals surface area contributed by atoms with E-state index in [2.05, 4.69) is 0 Å². The molecule has 6 heteroatoms. The molecule has 0 saturated carbocycles. The fourth-order valence-corrected chi connectivity index (χ4v) is 2.66. The van der Waals surface area contributed by atoms with E-state index in [1.54, 1.807) is 13.8 Å². The normalized spacial score (nSPS) is 15.0. The minimum Gasteiger partial charge on any atom is -0.460 e. The van der Waals surface area contributed by atoms with Crippen molar-refractivity contribution in [3.63, 3.8) is 0 Å². The van der Waals surface area contributed by atoms with E-state index in [1.165, 1.54) is 0 Å². The highest BCUT2D eigenvalue weighted by atomic mass is 16.5. The number of carbonyl (C=O) groups is 1. The Morgan fingerprint density at radius 1 is 1.12 bits per heavy atom. The monoisotopic (exact) mass is 352 g/mol. The van der Waals surface area contributed by atoms with Gasteiger partial charge in [-0.15, -0.1) is 0 Å². The van der Waals surface area contributed by atoms with Gasteiger partial charge in [-0.25, -0.2) is 0 Å². The van der Waals surface area contributed by atoms with Crippen LogP contribution < -0.4 is 5.73 Å². The van der Waals surface area contributed by atoms with Crippen LogP contribution in [0.2, 0.25) is 0 Å². The maximum Gasteiger partial charge on any atom is 0.323 e. The largest absolute Gasteiger partial charge is 0.460 e. The van der Waals surface area contributed by atoms with E-state index in [0.717, 1.165) is 24.9 Å². The van der Waals surface area contributed by atoms with E-state index in [0.29, 0.717) is 19.5 Å². The number of benzene rings is 1. The molecular weight excluding hydrogens is 320 g/mol. The molecule has 6 nitrogen and oxygen atoms in total. The minimum absolute atomic E-state index is 0.240. The number of nitrogens with two attached hydrogens (primary N) is 1. The van der Waals surface area contributed by atoms with Gasteiger partial charge in [0.1, 0.15) is 12.6 Å². The smallest absolute Gasteiger partial charge is 0.323 e. The number of aliphatic hydroxyl groups excluding tert-OH is 2. The lowest BCUT2D eigenvalue weighted by Crippen LogP contribution is -2.37. The second kappa shape index (κ2) is 12.0. The molecule has 0 aromatic heterocycles. The van der Waals surface area contributed by atoms with Crippen molar-refractivity contribution in [2.75, 3.05) is 19.6 Å². The molecular formula is C19H32N2O4. The van der Waals surface area contributed by atoms with Gasteiger partial charge in [0.15, 0.2) is 0 Å². The number of hydrogen-bond acceptors (Lipinski definition) is 6. The molecule has 0 fully saturated rings. The molecule has 0 spiro atoms. The van der Waals surface area contributed by atoms with E-state index >= 15 is 0 Å². The summed E-state index contributed by atoms with van der Waals surface area (Å²) >= 11 is 0. The first-order chi connectivity index (χ1) is 11.9. The Morgan fingerprint density at radius 3 is 2.28 bits per heavy atom. The summed E-state index contributed by atoms with van der Waals surface area (Å²) in [6, 6.07) is 8.89. The van der Waals surface area contributed by atoms with Gasteiger partial charge in [0.05, 0.1) is 12.2 Å². The number of carbonyl (C=O) groups excluding carboxylic acids is 1. The Balaban J connectivity index is 2.23. The molecule has 142 valence electrons. The number of aliphatic hydroxyl groups is 2. The lowest BCUT2D eigenvalue weighted by atomic mass is 10.1. The fourth-order valence-electron chi connectivity index (χ4n) is 2.66. The second-order valence-corrected chi connectivity index (χ2v) is 6.65. The molecule has 0 aliphatic carbocycles. The van der Waals surface area contributed by atoms with Crippen molar-refractivity contribution < 1.29 is 19.7 Å². The van der Waals surface area contributed by atoms with Gasteiger partial charge < -0.3 is 20.7 Å². The zero-order chi connectivity index (χ0) is 18.7. The highest BCUT2D eigenvalue weighted by Crippen LogP contribution is 2.06.